The maximum absolute atomic E-state index is 15.4. The van der Waals surface area contributed by atoms with Gasteiger partial charge in [-0.25, -0.2) is 9.37 Å². The minimum absolute atomic E-state index is 0.00228. The van der Waals surface area contributed by atoms with E-state index in [4.69, 9.17) is 0 Å². The monoisotopic (exact) mass is 390 g/mol. The molecule has 1 aromatic heterocycles. The lowest BCUT2D eigenvalue weighted by Crippen LogP contribution is -2.38. The van der Waals surface area contributed by atoms with Gasteiger partial charge in [0.15, 0.2) is 0 Å². The molecule has 26 heavy (non-hydrogen) atoms. The molecule has 3 aliphatic rings. The van der Waals surface area contributed by atoms with E-state index in [-0.39, 0.29) is 15.9 Å². The highest BCUT2D eigenvalue weighted by Crippen LogP contribution is 2.57. The molecule has 2 fully saturated rings. The van der Waals surface area contributed by atoms with Crippen LogP contribution >= 0.6 is 23.5 Å². The van der Waals surface area contributed by atoms with Gasteiger partial charge in [-0.05, 0) is 43.1 Å². The summed E-state index contributed by atoms with van der Waals surface area (Å²) in [6.45, 7) is 3.71. The molecule has 2 nitrogen and oxygen atoms in total. The van der Waals surface area contributed by atoms with Crippen molar-refractivity contribution in [2.24, 2.45) is 5.92 Å². The first kappa shape index (κ1) is 18.4. The van der Waals surface area contributed by atoms with E-state index in [9.17, 15) is 0 Å². The SMILES string of the molecule is C=C/C=C\C1=C(F)C(CC2(C3CCCCC3)SCCCS2)n2cncc21. The summed E-state index contributed by atoms with van der Waals surface area (Å²) < 4.78 is 17.6. The molecule has 0 radical (unpaired) electrons. The van der Waals surface area contributed by atoms with E-state index in [2.05, 4.69) is 39.7 Å². The molecule has 4 rings (SSSR count). The van der Waals surface area contributed by atoms with Crippen LogP contribution in [0.25, 0.3) is 5.57 Å². The molecule has 3 heterocycles. The van der Waals surface area contributed by atoms with Crippen LogP contribution in [0.3, 0.4) is 0 Å². The second-order valence-corrected chi connectivity index (χ2v) is 10.6. The van der Waals surface area contributed by atoms with Crippen molar-refractivity contribution in [2.75, 3.05) is 11.5 Å². The molecule has 1 aromatic rings. The first-order valence-corrected chi connectivity index (χ1v) is 11.7. The first-order chi connectivity index (χ1) is 12.7. The zero-order chi connectivity index (χ0) is 18.0. The van der Waals surface area contributed by atoms with Gasteiger partial charge in [0.05, 0.1) is 28.3 Å². The van der Waals surface area contributed by atoms with Crippen molar-refractivity contribution in [2.45, 2.75) is 55.1 Å². The molecule has 1 aliphatic carbocycles. The number of thioether (sulfide) groups is 2. The Morgan fingerprint density at radius 1 is 1.23 bits per heavy atom. The van der Waals surface area contributed by atoms with Gasteiger partial charge in [-0.3, -0.25) is 0 Å². The van der Waals surface area contributed by atoms with Gasteiger partial charge in [0.25, 0.3) is 0 Å². The van der Waals surface area contributed by atoms with E-state index in [1.807, 2.05) is 12.2 Å². The smallest absolute Gasteiger partial charge is 0.132 e. The summed E-state index contributed by atoms with van der Waals surface area (Å²) in [5, 5.41) is 0. The normalized spacial score (nSPS) is 26.4. The van der Waals surface area contributed by atoms with Crippen LogP contribution < -0.4 is 0 Å². The van der Waals surface area contributed by atoms with Crippen LogP contribution in [0.5, 0.6) is 0 Å². The average molecular weight is 391 g/mol. The Kier molecular flexibility index (Phi) is 5.65. The van der Waals surface area contributed by atoms with Gasteiger partial charge in [0.1, 0.15) is 5.83 Å². The number of imidazole rings is 1. The zero-order valence-electron chi connectivity index (χ0n) is 15.2. The second kappa shape index (κ2) is 7.97. The van der Waals surface area contributed by atoms with Crippen LogP contribution in [0.2, 0.25) is 0 Å². The van der Waals surface area contributed by atoms with E-state index in [0.29, 0.717) is 11.5 Å². The highest BCUT2D eigenvalue weighted by atomic mass is 32.2. The molecule has 0 spiro atoms. The van der Waals surface area contributed by atoms with Crippen molar-refractivity contribution in [3.05, 3.63) is 48.9 Å². The molecule has 1 unspecified atom stereocenters. The van der Waals surface area contributed by atoms with Gasteiger partial charge in [0.2, 0.25) is 0 Å². The quantitative estimate of drug-likeness (QED) is 0.542. The lowest BCUT2D eigenvalue weighted by molar-refractivity contribution is 0.299. The highest BCUT2D eigenvalue weighted by Gasteiger charge is 2.46. The predicted octanol–water partition coefficient (Wildman–Crippen LogP) is 6.40. The molecule has 0 N–H and O–H groups in total. The third kappa shape index (κ3) is 3.33. The number of aromatic nitrogens is 2. The van der Waals surface area contributed by atoms with Crippen LogP contribution in [0.1, 0.15) is 56.7 Å². The van der Waals surface area contributed by atoms with E-state index >= 15 is 4.39 Å². The minimum Gasteiger partial charge on any atom is -0.320 e. The van der Waals surface area contributed by atoms with E-state index in [0.717, 1.165) is 12.1 Å². The lowest BCUT2D eigenvalue weighted by Gasteiger charge is -2.45. The van der Waals surface area contributed by atoms with Crippen LogP contribution in [-0.2, 0) is 0 Å². The number of fused-ring (bicyclic) bond motifs is 1. The van der Waals surface area contributed by atoms with Gasteiger partial charge in [0, 0.05) is 5.57 Å². The van der Waals surface area contributed by atoms with Crippen LogP contribution in [0.4, 0.5) is 4.39 Å². The molecule has 5 heteroatoms. The Hall–Kier alpha value is -0.940. The van der Waals surface area contributed by atoms with Gasteiger partial charge >= 0.3 is 0 Å². The molecule has 0 bridgehead atoms. The summed E-state index contributed by atoms with van der Waals surface area (Å²) in [5.74, 6) is 3.13. The number of nitrogens with zero attached hydrogens (tertiary/aromatic N) is 2. The third-order valence-corrected chi connectivity index (χ3v) is 9.58. The summed E-state index contributed by atoms with van der Waals surface area (Å²) in [5.41, 5.74) is 1.58. The Bertz CT molecular complexity index is 709. The number of allylic oxidation sites excluding steroid dienone is 5. The average Bonchev–Trinajstić information content (AvgIpc) is 3.25. The van der Waals surface area contributed by atoms with E-state index < -0.39 is 0 Å². The second-order valence-electron chi connectivity index (χ2n) is 7.46. The minimum atomic E-state index is -0.211. The van der Waals surface area contributed by atoms with Crippen LogP contribution in [-0.4, -0.2) is 25.1 Å². The van der Waals surface area contributed by atoms with Crippen LogP contribution in [0.15, 0.2) is 43.2 Å². The Morgan fingerprint density at radius 3 is 2.73 bits per heavy atom. The van der Waals surface area contributed by atoms with Gasteiger partial charge in [-0.2, -0.15) is 0 Å². The molecular weight excluding hydrogens is 363 g/mol. The predicted molar refractivity (Wildman–Crippen MR) is 112 cm³/mol. The van der Waals surface area contributed by atoms with Gasteiger partial charge in [-0.1, -0.05) is 44.1 Å². The summed E-state index contributed by atoms with van der Waals surface area (Å²) in [6.07, 6.45) is 17.7. The molecule has 140 valence electrons. The van der Waals surface area contributed by atoms with E-state index in [1.54, 1.807) is 18.6 Å². The molecule has 1 saturated heterocycles. The number of halogens is 1. The maximum atomic E-state index is 15.4. The number of hydrogen-bond acceptors (Lipinski definition) is 3. The van der Waals surface area contributed by atoms with Crippen molar-refractivity contribution < 1.29 is 4.39 Å². The summed E-state index contributed by atoms with van der Waals surface area (Å²) >= 11 is 4.22. The Balaban J connectivity index is 1.66. The van der Waals surface area contributed by atoms with Crippen molar-refractivity contribution in [3.8, 4) is 0 Å². The molecule has 0 aromatic carbocycles. The van der Waals surface area contributed by atoms with E-state index in [1.165, 1.54) is 50.0 Å². The fourth-order valence-corrected chi connectivity index (χ4v) is 8.40. The molecule has 1 saturated carbocycles. The van der Waals surface area contributed by atoms with Gasteiger partial charge < -0.3 is 4.57 Å². The largest absolute Gasteiger partial charge is 0.320 e. The van der Waals surface area contributed by atoms with Crippen molar-refractivity contribution in [1.82, 2.24) is 9.55 Å². The van der Waals surface area contributed by atoms with Crippen LogP contribution in [0, 0.1) is 5.92 Å². The molecule has 1 atom stereocenters. The number of rotatable bonds is 5. The fraction of sp³-hybridized carbons (Fsp3) is 0.571. The Morgan fingerprint density at radius 2 is 2.00 bits per heavy atom. The molecular formula is C21H27FN2S2. The van der Waals surface area contributed by atoms with Crippen molar-refractivity contribution in [3.63, 3.8) is 0 Å². The number of hydrogen-bond donors (Lipinski definition) is 0. The summed E-state index contributed by atoms with van der Waals surface area (Å²) in [4.78, 5) is 4.30. The van der Waals surface area contributed by atoms with Crippen molar-refractivity contribution in [1.29, 1.82) is 0 Å². The third-order valence-electron chi connectivity index (χ3n) is 5.91. The molecule has 2 aliphatic heterocycles. The maximum Gasteiger partial charge on any atom is 0.132 e. The first-order valence-electron chi connectivity index (χ1n) is 9.74. The molecule has 0 amide bonds. The van der Waals surface area contributed by atoms with Crippen molar-refractivity contribution >= 4 is 29.1 Å². The summed E-state index contributed by atoms with van der Waals surface area (Å²) in [7, 11) is 0. The Labute approximate surface area is 164 Å². The zero-order valence-corrected chi connectivity index (χ0v) is 16.8. The van der Waals surface area contributed by atoms with Gasteiger partial charge in [-0.15, -0.1) is 23.5 Å². The lowest BCUT2D eigenvalue weighted by atomic mass is 9.84. The fourth-order valence-electron chi connectivity index (χ4n) is 4.63. The standard InChI is InChI=1S/C21H27FN2S2/c1-2-3-10-17-19-14-23-15-24(19)18(20(17)22)13-21(25-11-7-12-26-21)16-8-5-4-6-9-16/h2-3,10,14-16,18H,1,4-9,11-13H2/b10-3-. The topological polar surface area (TPSA) is 17.8 Å². The summed E-state index contributed by atoms with van der Waals surface area (Å²) in [6, 6.07) is -0.211. The highest BCUT2D eigenvalue weighted by molar-refractivity contribution is 8.18.